The minimum Gasteiger partial charge on any atom is -0.372 e. The molecule has 2 rings (SSSR count). The lowest BCUT2D eigenvalue weighted by molar-refractivity contribution is -0.120. The Morgan fingerprint density at radius 3 is 2.03 bits per heavy atom. The van der Waals surface area contributed by atoms with E-state index in [0.29, 0.717) is 5.92 Å². The molecule has 0 saturated heterocycles. The molecule has 0 bridgehead atoms. The van der Waals surface area contributed by atoms with E-state index < -0.39 is 0 Å². The Bertz CT molecular complexity index is 840. The molecular weight excluding hydrogens is 362 g/mol. The van der Waals surface area contributed by atoms with Gasteiger partial charge in [-0.2, -0.15) is 0 Å². The molecule has 5 nitrogen and oxygen atoms in total. The van der Waals surface area contributed by atoms with Crippen LogP contribution in [0, 0.1) is 6.92 Å². The quantitative estimate of drug-likeness (QED) is 0.688. The molecule has 0 fully saturated rings. The minimum absolute atomic E-state index is 0.0202. The highest BCUT2D eigenvalue weighted by molar-refractivity contribution is 6.02. The van der Waals surface area contributed by atoms with E-state index in [1.54, 1.807) is 0 Å². The van der Waals surface area contributed by atoms with Gasteiger partial charge in [0.2, 0.25) is 11.8 Å². The van der Waals surface area contributed by atoms with E-state index in [2.05, 4.69) is 44.0 Å². The van der Waals surface area contributed by atoms with Gasteiger partial charge >= 0.3 is 0 Å². The predicted octanol–water partition coefficient (Wildman–Crippen LogP) is 4.96. The van der Waals surface area contributed by atoms with Crippen molar-refractivity contribution in [3.8, 4) is 0 Å². The highest BCUT2D eigenvalue weighted by Gasteiger charge is 2.17. The number of nitrogens with one attached hydrogen (secondary N) is 1. The smallest absolute Gasteiger partial charge is 0.244 e. The summed E-state index contributed by atoms with van der Waals surface area (Å²) in [4.78, 5) is 28.5. The number of carbonyl (C=O) groups excluding carboxylic acids is 2. The monoisotopic (exact) mass is 395 g/mol. The molecule has 0 aromatic heterocycles. The standard InChI is InChI=1S/C24H33N3O2/c1-7-26(8-2)22-13-14-23(18(5)15-22)25-24(29)16-27(19(6)28)21-11-9-20(10-12-21)17(3)4/h9-15,17H,7-8,16H2,1-6H3,(H,25,29). The van der Waals surface area contributed by atoms with Gasteiger partial charge in [-0.25, -0.2) is 0 Å². The van der Waals surface area contributed by atoms with Crippen molar-refractivity contribution < 1.29 is 9.59 Å². The summed E-state index contributed by atoms with van der Waals surface area (Å²) in [6.07, 6.45) is 0. The molecule has 1 N–H and O–H groups in total. The van der Waals surface area contributed by atoms with Crippen LogP contribution in [0.15, 0.2) is 42.5 Å². The summed E-state index contributed by atoms with van der Waals surface area (Å²) in [5.74, 6) is 0.0401. The Labute approximate surface area is 174 Å². The van der Waals surface area contributed by atoms with Gasteiger partial charge in [-0.1, -0.05) is 26.0 Å². The predicted molar refractivity (Wildman–Crippen MR) is 122 cm³/mol. The molecule has 156 valence electrons. The number of hydrogen-bond acceptors (Lipinski definition) is 3. The van der Waals surface area contributed by atoms with Gasteiger partial charge in [-0.05, 0) is 68.1 Å². The zero-order valence-corrected chi connectivity index (χ0v) is 18.5. The van der Waals surface area contributed by atoms with Crippen molar-refractivity contribution in [1.29, 1.82) is 0 Å². The molecule has 0 aliphatic carbocycles. The summed E-state index contributed by atoms with van der Waals surface area (Å²) in [6.45, 7) is 13.8. The molecule has 0 saturated carbocycles. The van der Waals surface area contributed by atoms with Gasteiger partial charge in [0.15, 0.2) is 0 Å². The maximum Gasteiger partial charge on any atom is 0.244 e. The Kier molecular flexibility index (Phi) is 7.82. The van der Waals surface area contributed by atoms with Crippen molar-refractivity contribution in [2.24, 2.45) is 0 Å². The van der Waals surface area contributed by atoms with Crippen molar-refractivity contribution >= 4 is 28.9 Å². The molecule has 0 radical (unpaired) electrons. The molecule has 0 spiro atoms. The van der Waals surface area contributed by atoms with Crippen LogP contribution in [0.1, 0.15) is 51.7 Å². The molecule has 0 aliphatic heterocycles. The SMILES string of the molecule is CCN(CC)c1ccc(NC(=O)CN(C(C)=O)c2ccc(C(C)C)cc2)c(C)c1. The van der Waals surface area contributed by atoms with Crippen LogP contribution in [0.2, 0.25) is 0 Å². The third-order valence-electron chi connectivity index (χ3n) is 5.17. The van der Waals surface area contributed by atoms with Crippen LogP contribution in [0.25, 0.3) is 0 Å². The highest BCUT2D eigenvalue weighted by Crippen LogP contribution is 2.23. The van der Waals surface area contributed by atoms with Crippen LogP contribution in [-0.4, -0.2) is 31.4 Å². The number of anilines is 3. The summed E-state index contributed by atoms with van der Waals surface area (Å²) in [5.41, 5.74) is 4.83. The lowest BCUT2D eigenvalue weighted by atomic mass is 10.0. The van der Waals surface area contributed by atoms with Gasteiger partial charge < -0.3 is 15.1 Å². The Morgan fingerprint density at radius 2 is 1.55 bits per heavy atom. The highest BCUT2D eigenvalue weighted by atomic mass is 16.2. The number of hydrogen-bond donors (Lipinski definition) is 1. The van der Waals surface area contributed by atoms with E-state index in [-0.39, 0.29) is 18.4 Å². The second kappa shape index (κ2) is 10.1. The zero-order valence-electron chi connectivity index (χ0n) is 18.5. The molecule has 0 unspecified atom stereocenters. The Morgan fingerprint density at radius 1 is 0.966 bits per heavy atom. The second-order valence-corrected chi connectivity index (χ2v) is 7.57. The molecular formula is C24H33N3O2. The average molecular weight is 396 g/mol. The van der Waals surface area contributed by atoms with Crippen molar-refractivity contribution in [2.45, 2.75) is 47.5 Å². The largest absolute Gasteiger partial charge is 0.372 e. The molecule has 2 aromatic carbocycles. The lowest BCUT2D eigenvalue weighted by Gasteiger charge is -2.23. The summed E-state index contributed by atoms with van der Waals surface area (Å²) in [6, 6.07) is 13.8. The maximum atomic E-state index is 12.6. The molecule has 29 heavy (non-hydrogen) atoms. The van der Waals surface area contributed by atoms with Gasteiger partial charge in [0.05, 0.1) is 0 Å². The van der Waals surface area contributed by atoms with Crippen molar-refractivity contribution in [1.82, 2.24) is 0 Å². The summed E-state index contributed by atoms with van der Waals surface area (Å²) < 4.78 is 0. The van der Waals surface area contributed by atoms with Crippen molar-refractivity contribution in [3.63, 3.8) is 0 Å². The van der Waals surface area contributed by atoms with E-state index in [0.717, 1.165) is 35.7 Å². The molecule has 2 aromatic rings. The van der Waals surface area contributed by atoms with E-state index in [4.69, 9.17) is 0 Å². The summed E-state index contributed by atoms with van der Waals surface area (Å²) in [7, 11) is 0. The third-order valence-corrected chi connectivity index (χ3v) is 5.17. The number of rotatable bonds is 8. The van der Waals surface area contributed by atoms with Gasteiger partial charge in [-0.3, -0.25) is 9.59 Å². The number of nitrogens with zero attached hydrogens (tertiary/aromatic N) is 2. The van der Waals surface area contributed by atoms with Crippen LogP contribution in [0.4, 0.5) is 17.1 Å². The molecule has 5 heteroatoms. The van der Waals surface area contributed by atoms with Crippen molar-refractivity contribution in [3.05, 3.63) is 53.6 Å². The first kappa shape index (κ1) is 22.5. The van der Waals surface area contributed by atoms with Crippen LogP contribution >= 0.6 is 0 Å². The second-order valence-electron chi connectivity index (χ2n) is 7.57. The minimum atomic E-state index is -0.216. The third kappa shape index (κ3) is 5.83. The fourth-order valence-electron chi connectivity index (χ4n) is 3.33. The van der Waals surface area contributed by atoms with E-state index in [9.17, 15) is 9.59 Å². The van der Waals surface area contributed by atoms with Gasteiger partial charge in [0.1, 0.15) is 6.54 Å². The first-order valence-electron chi connectivity index (χ1n) is 10.3. The average Bonchev–Trinajstić information content (AvgIpc) is 2.69. The van der Waals surface area contributed by atoms with Crippen LogP contribution in [-0.2, 0) is 9.59 Å². The zero-order chi connectivity index (χ0) is 21.6. The van der Waals surface area contributed by atoms with Crippen molar-refractivity contribution in [2.75, 3.05) is 34.8 Å². The van der Waals surface area contributed by atoms with Gasteiger partial charge in [0.25, 0.3) is 0 Å². The maximum absolute atomic E-state index is 12.6. The van der Waals surface area contributed by atoms with Crippen LogP contribution in [0.3, 0.4) is 0 Å². The Hall–Kier alpha value is -2.82. The molecule has 0 heterocycles. The van der Waals surface area contributed by atoms with E-state index >= 15 is 0 Å². The number of aryl methyl sites for hydroxylation is 1. The first-order chi connectivity index (χ1) is 13.8. The van der Waals surface area contributed by atoms with Gasteiger partial charge in [0, 0.05) is 37.1 Å². The Balaban J connectivity index is 2.12. The van der Waals surface area contributed by atoms with E-state index in [1.165, 1.54) is 17.4 Å². The van der Waals surface area contributed by atoms with Gasteiger partial charge in [-0.15, -0.1) is 0 Å². The first-order valence-corrected chi connectivity index (χ1v) is 10.3. The summed E-state index contributed by atoms with van der Waals surface area (Å²) in [5, 5.41) is 2.95. The number of amides is 2. The van der Waals surface area contributed by atoms with Crippen LogP contribution < -0.4 is 15.1 Å². The normalized spacial score (nSPS) is 10.7. The fraction of sp³-hybridized carbons (Fsp3) is 0.417. The number of benzene rings is 2. The molecule has 0 atom stereocenters. The molecule has 0 aliphatic rings. The number of carbonyl (C=O) groups is 2. The fourth-order valence-corrected chi connectivity index (χ4v) is 3.33. The van der Waals surface area contributed by atoms with E-state index in [1.807, 2.05) is 43.3 Å². The molecule has 2 amide bonds. The topological polar surface area (TPSA) is 52.7 Å². The lowest BCUT2D eigenvalue weighted by Crippen LogP contribution is -2.36. The summed E-state index contributed by atoms with van der Waals surface area (Å²) >= 11 is 0. The van der Waals surface area contributed by atoms with Crippen LogP contribution in [0.5, 0.6) is 0 Å².